The summed E-state index contributed by atoms with van der Waals surface area (Å²) in [6.07, 6.45) is -1.32. The number of nitrogens with zero attached hydrogens (tertiary/aromatic N) is 1. The molecule has 2 amide bonds. The third-order valence-electron chi connectivity index (χ3n) is 5.20. The molecule has 110 valence electrons. The Morgan fingerprint density at radius 3 is 1.86 bits per heavy atom. The zero-order valence-corrected chi connectivity index (χ0v) is 11.1. The minimum atomic E-state index is -0.923. The number of aliphatic hydroxyl groups excluding tert-OH is 2. The van der Waals surface area contributed by atoms with E-state index in [4.69, 9.17) is 0 Å². The number of amides is 2. The topological polar surface area (TPSA) is 98.1 Å². The predicted molar refractivity (Wildman–Crippen MR) is 71.2 cm³/mol. The van der Waals surface area contributed by atoms with Gasteiger partial charge in [-0.25, -0.2) is 0 Å². The summed E-state index contributed by atoms with van der Waals surface area (Å²) in [4.78, 5) is 26.3. The van der Waals surface area contributed by atoms with Crippen molar-refractivity contribution in [3.63, 3.8) is 0 Å². The van der Waals surface area contributed by atoms with Crippen molar-refractivity contribution in [3.05, 3.63) is 24.3 Å². The zero-order valence-electron chi connectivity index (χ0n) is 11.1. The molecule has 4 rings (SSSR count). The van der Waals surface area contributed by atoms with Gasteiger partial charge in [0.15, 0.2) is 0 Å². The fourth-order valence-electron chi connectivity index (χ4n) is 4.29. The monoisotopic (exact) mass is 289 g/mol. The molecule has 0 radical (unpaired) electrons. The molecule has 2 aliphatic carbocycles. The minimum Gasteiger partial charge on any atom is -0.508 e. The first-order valence-electron chi connectivity index (χ1n) is 7.03. The van der Waals surface area contributed by atoms with E-state index in [1.165, 1.54) is 24.3 Å². The summed E-state index contributed by atoms with van der Waals surface area (Å²) in [5.41, 5.74) is 0.417. The maximum absolute atomic E-state index is 12.6. The van der Waals surface area contributed by atoms with Crippen molar-refractivity contribution in [1.29, 1.82) is 0 Å². The van der Waals surface area contributed by atoms with E-state index in [2.05, 4.69) is 0 Å². The Morgan fingerprint density at radius 2 is 1.38 bits per heavy atom. The van der Waals surface area contributed by atoms with E-state index in [0.29, 0.717) is 12.1 Å². The Labute approximate surface area is 120 Å². The molecule has 1 saturated heterocycles. The van der Waals surface area contributed by atoms with Crippen molar-refractivity contribution < 1.29 is 24.9 Å². The van der Waals surface area contributed by atoms with Gasteiger partial charge in [-0.1, -0.05) is 0 Å². The van der Waals surface area contributed by atoms with Crippen LogP contribution in [0.25, 0.3) is 0 Å². The number of benzene rings is 1. The van der Waals surface area contributed by atoms with E-state index in [1.807, 2.05) is 0 Å². The average Bonchev–Trinajstić information content (AvgIpc) is 3.06. The summed E-state index contributed by atoms with van der Waals surface area (Å²) in [6, 6.07) is 5.87. The van der Waals surface area contributed by atoms with Gasteiger partial charge in [0.05, 0.1) is 29.7 Å². The lowest BCUT2D eigenvalue weighted by Gasteiger charge is -2.29. The number of imide groups is 1. The normalized spacial score (nSPS) is 41.0. The van der Waals surface area contributed by atoms with Crippen LogP contribution in [-0.4, -0.2) is 39.3 Å². The lowest BCUT2D eigenvalue weighted by atomic mass is 9.78. The molecule has 2 saturated carbocycles. The number of anilines is 1. The molecule has 1 heterocycles. The van der Waals surface area contributed by atoms with Crippen LogP contribution in [0.3, 0.4) is 0 Å². The van der Waals surface area contributed by atoms with Crippen LogP contribution in [0.1, 0.15) is 6.42 Å². The van der Waals surface area contributed by atoms with Crippen LogP contribution in [0.5, 0.6) is 5.75 Å². The molecule has 0 aromatic heterocycles. The SMILES string of the molecule is O=C1C2C3CC(C(O)C3O)[C@@H]2C(=O)N1c1ccc(O)cc1. The fraction of sp³-hybridized carbons (Fsp3) is 0.467. The molecular weight excluding hydrogens is 274 g/mol. The first-order valence-corrected chi connectivity index (χ1v) is 7.03. The van der Waals surface area contributed by atoms with Gasteiger partial charge in [-0.15, -0.1) is 0 Å². The molecule has 6 atom stereocenters. The van der Waals surface area contributed by atoms with Crippen molar-refractivity contribution in [3.8, 4) is 5.75 Å². The van der Waals surface area contributed by atoms with E-state index in [0.717, 1.165) is 4.90 Å². The van der Waals surface area contributed by atoms with Gasteiger partial charge in [0.1, 0.15) is 5.75 Å². The maximum Gasteiger partial charge on any atom is 0.238 e. The number of hydrogen-bond donors (Lipinski definition) is 3. The molecule has 1 aromatic rings. The summed E-state index contributed by atoms with van der Waals surface area (Å²) < 4.78 is 0. The highest BCUT2D eigenvalue weighted by molar-refractivity contribution is 6.22. The second kappa shape index (κ2) is 4.05. The Hall–Kier alpha value is -1.92. The van der Waals surface area contributed by atoms with Crippen LogP contribution in [0.4, 0.5) is 5.69 Å². The largest absolute Gasteiger partial charge is 0.508 e. The number of hydrogen-bond acceptors (Lipinski definition) is 5. The predicted octanol–water partition coefficient (Wildman–Crippen LogP) is -0.131. The van der Waals surface area contributed by atoms with Crippen LogP contribution in [0.15, 0.2) is 24.3 Å². The summed E-state index contributed by atoms with van der Waals surface area (Å²) >= 11 is 0. The highest BCUT2D eigenvalue weighted by Gasteiger charge is 2.67. The smallest absolute Gasteiger partial charge is 0.238 e. The van der Waals surface area contributed by atoms with Crippen molar-refractivity contribution in [2.45, 2.75) is 18.6 Å². The number of aromatic hydroxyl groups is 1. The van der Waals surface area contributed by atoms with Gasteiger partial charge in [-0.3, -0.25) is 14.5 Å². The molecule has 21 heavy (non-hydrogen) atoms. The van der Waals surface area contributed by atoms with Crippen LogP contribution < -0.4 is 4.90 Å². The Kier molecular flexibility index (Phi) is 2.47. The number of fused-ring (bicyclic) bond motifs is 5. The van der Waals surface area contributed by atoms with Gasteiger partial charge in [0, 0.05) is 11.8 Å². The second-order valence-electron chi connectivity index (χ2n) is 6.12. The van der Waals surface area contributed by atoms with E-state index in [1.54, 1.807) is 0 Å². The first kappa shape index (κ1) is 12.8. The third-order valence-corrected chi connectivity index (χ3v) is 5.20. The van der Waals surface area contributed by atoms with Crippen molar-refractivity contribution >= 4 is 17.5 Å². The Balaban J connectivity index is 1.73. The average molecular weight is 289 g/mol. The molecule has 0 spiro atoms. The quantitative estimate of drug-likeness (QED) is 0.626. The fourth-order valence-corrected chi connectivity index (χ4v) is 4.29. The van der Waals surface area contributed by atoms with Crippen LogP contribution in [0, 0.1) is 23.7 Å². The van der Waals surface area contributed by atoms with Gasteiger partial charge in [-0.2, -0.15) is 0 Å². The van der Waals surface area contributed by atoms with Gasteiger partial charge in [0.2, 0.25) is 11.8 Å². The molecule has 6 nitrogen and oxygen atoms in total. The Bertz CT molecular complexity index is 595. The van der Waals surface area contributed by atoms with E-state index in [-0.39, 0.29) is 29.4 Å². The highest BCUT2D eigenvalue weighted by atomic mass is 16.3. The van der Waals surface area contributed by atoms with Gasteiger partial charge >= 0.3 is 0 Å². The summed E-state index contributed by atoms with van der Waals surface area (Å²) in [7, 11) is 0. The molecule has 5 unspecified atom stereocenters. The zero-order chi connectivity index (χ0) is 14.9. The van der Waals surface area contributed by atoms with E-state index < -0.39 is 24.0 Å². The molecule has 3 fully saturated rings. The third kappa shape index (κ3) is 1.49. The van der Waals surface area contributed by atoms with Crippen molar-refractivity contribution in [1.82, 2.24) is 0 Å². The second-order valence-corrected chi connectivity index (χ2v) is 6.12. The molecule has 3 N–H and O–H groups in total. The number of phenolic OH excluding ortho intramolecular Hbond substituents is 1. The standard InChI is InChI=1S/C15H15NO5/c17-7-3-1-6(2-4-7)16-14(20)10-8-5-9(11(10)15(16)21)13(19)12(8)18/h1-4,8-13,17-19H,5H2/t8?,9?,10-,11?,12?,13?/m0/s1. The molecular formula is C15H15NO5. The van der Waals surface area contributed by atoms with Gasteiger partial charge < -0.3 is 15.3 Å². The highest BCUT2D eigenvalue weighted by Crippen LogP contribution is 2.56. The summed E-state index contributed by atoms with van der Waals surface area (Å²) in [5.74, 6) is -2.31. The van der Waals surface area contributed by atoms with Crippen LogP contribution in [0.2, 0.25) is 0 Å². The molecule has 6 heteroatoms. The van der Waals surface area contributed by atoms with Crippen molar-refractivity contribution in [2.24, 2.45) is 23.7 Å². The number of phenols is 1. The number of carbonyl (C=O) groups excluding carboxylic acids is 2. The van der Waals surface area contributed by atoms with Gasteiger partial charge in [0.25, 0.3) is 0 Å². The van der Waals surface area contributed by atoms with Crippen molar-refractivity contribution in [2.75, 3.05) is 4.90 Å². The van der Waals surface area contributed by atoms with Crippen LogP contribution in [-0.2, 0) is 9.59 Å². The number of carbonyl (C=O) groups is 2. The lowest BCUT2D eigenvalue weighted by Crippen LogP contribution is -2.43. The molecule has 1 aromatic carbocycles. The molecule has 2 bridgehead atoms. The van der Waals surface area contributed by atoms with Gasteiger partial charge in [-0.05, 0) is 30.7 Å². The number of rotatable bonds is 1. The Morgan fingerprint density at radius 1 is 0.905 bits per heavy atom. The lowest BCUT2D eigenvalue weighted by molar-refractivity contribution is -0.129. The minimum absolute atomic E-state index is 0.0592. The van der Waals surface area contributed by atoms with E-state index >= 15 is 0 Å². The van der Waals surface area contributed by atoms with E-state index in [9.17, 15) is 24.9 Å². The summed E-state index contributed by atoms with van der Waals surface area (Å²) in [6.45, 7) is 0. The first-order chi connectivity index (χ1) is 10.0. The number of aliphatic hydroxyl groups is 2. The molecule has 1 aliphatic heterocycles. The van der Waals surface area contributed by atoms with Crippen LogP contribution >= 0.6 is 0 Å². The summed E-state index contributed by atoms with van der Waals surface area (Å²) in [5, 5.41) is 29.2. The maximum atomic E-state index is 12.6. The molecule has 3 aliphatic rings.